The van der Waals surface area contributed by atoms with Crippen LogP contribution in [0.5, 0.6) is 5.88 Å². The summed E-state index contributed by atoms with van der Waals surface area (Å²) >= 11 is 0. The lowest BCUT2D eigenvalue weighted by molar-refractivity contribution is 0.427. The number of benzene rings is 1. The fourth-order valence-electron chi connectivity index (χ4n) is 1.80. The van der Waals surface area contributed by atoms with E-state index in [4.69, 9.17) is 0 Å². The van der Waals surface area contributed by atoms with Crippen molar-refractivity contribution in [3.8, 4) is 11.6 Å². The molecule has 0 spiro atoms. The molecule has 2 aromatic rings. The van der Waals surface area contributed by atoms with Gasteiger partial charge in [0.05, 0.1) is 11.3 Å². The smallest absolute Gasteiger partial charge is 0.271 e. The molecule has 0 radical (unpaired) electrons. The summed E-state index contributed by atoms with van der Waals surface area (Å²) in [6, 6.07) is 9.27. The van der Waals surface area contributed by atoms with E-state index in [0.29, 0.717) is 12.0 Å². The molecular formula is C13H16N2O2. The fraction of sp³-hybridized carbons (Fsp3) is 0.308. The molecule has 4 nitrogen and oxygen atoms in total. The van der Waals surface area contributed by atoms with E-state index in [2.05, 4.69) is 12.0 Å². The molecule has 0 amide bonds. The molecule has 0 saturated carbocycles. The van der Waals surface area contributed by atoms with Crippen LogP contribution >= 0.6 is 0 Å². The average molecular weight is 232 g/mol. The number of aromatic hydroxyl groups is 1. The molecule has 1 aromatic heterocycles. The summed E-state index contributed by atoms with van der Waals surface area (Å²) in [5, 5.41) is 12.7. The summed E-state index contributed by atoms with van der Waals surface area (Å²) in [5.74, 6) is 0.0228. The van der Waals surface area contributed by atoms with Crippen LogP contribution in [0.3, 0.4) is 0 Å². The first-order valence-corrected chi connectivity index (χ1v) is 5.82. The molecule has 0 saturated heterocycles. The highest BCUT2D eigenvalue weighted by Crippen LogP contribution is 2.19. The van der Waals surface area contributed by atoms with E-state index in [0.717, 1.165) is 18.5 Å². The second-order valence-corrected chi connectivity index (χ2v) is 4.02. The van der Waals surface area contributed by atoms with Gasteiger partial charge < -0.3 is 5.11 Å². The lowest BCUT2D eigenvalue weighted by atomic mass is 10.1. The van der Waals surface area contributed by atoms with Gasteiger partial charge >= 0.3 is 0 Å². The molecule has 0 aliphatic carbocycles. The Hall–Kier alpha value is -1.97. The number of nitrogens with zero attached hydrogens (tertiary/aromatic N) is 1. The van der Waals surface area contributed by atoms with Crippen molar-refractivity contribution in [1.82, 2.24) is 9.78 Å². The topological polar surface area (TPSA) is 58.0 Å². The normalized spacial score (nSPS) is 10.6. The highest BCUT2D eigenvalue weighted by Gasteiger charge is 2.13. The summed E-state index contributed by atoms with van der Waals surface area (Å²) in [4.78, 5) is 11.7. The molecule has 17 heavy (non-hydrogen) atoms. The highest BCUT2D eigenvalue weighted by atomic mass is 16.3. The van der Waals surface area contributed by atoms with Crippen molar-refractivity contribution in [2.24, 2.45) is 0 Å². The van der Waals surface area contributed by atoms with E-state index in [1.807, 2.05) is 30.3 Å². The second-order valence-electron chi connectivity index (χ2n) is 4.02. The number of hydrogen-bond acceptors (Lipinski definition) is 2. The molecule has 2 N–H and O–H groups in total. The highest BCUT2D eigenvalue weighted by molar-refractivity contribution is 5.37. The van der Waals surface area contributed by atoms with Gasteiger partial charge in [0.15, 0.2) is 0 Å². The maximum atomic E-state index is 11.7. The zero-order valence-electron chi connectivity index (χ0n) is 9.81. The summed E-state index contributed by atoms with van der Waals surface area (Å²) in [7, 11) is 0. The van der Waals surface area contributed by atoms with Crippen LogP contribution in [0.4, 0.5) is 0 Å². The van der Waals surface area contributed by atoms with Crippen molar-refractivity contribution >= 4 is 0 Å². The minimum absolute atomic E-state index is 0.0228. The van der Waals surface area contributed by atoms with E-state index in [9.17, 15) is 9.90 Å². The third kappa shape index (κ3) is 2.25. The van der Waals surface area contributed by atoms with Crippen molar-refractivity contribution in [1.29, 1.82) is 0 Å². The summed E-state index contributed by atoms with van der Waals surface area (Å²) < 4.78 is 1.42. The van der Waals surface area contributed by atoms with Crippen LogP contribution < -0.4 is 5.56 Å². The van der Waals surface area contributed by atoms with Crippen LogP contribution in [0.25, 0.3) is 5.69 Å². The van der Waals surface area contributed by atoms with Gasteiger partial charge in [-0.3, -0.25) is 9.89 Å². The fourth-order valence-corrected chi connectivity index (χ4v) is 1.80. The minimum atomic E-state index is -0.209. The number of rotatable bonds is 4. The van der Waals surface area contributed by atoms with Crippen LogP contribution in [-0.2, 0) is 6.42 Å². The molecule has 0 fully saturated rings. The second kappa shape index (κ2) is 4.91. The van der Waals surface area contributed by atoms with Gasteiger partial charge in [-0.05, 0) is 25.0 Å². The Bertz CT molecular complexity index is 540. The van der Waals surface area contributed by atoms with Crippen molar-refractivity contribution in [3.63, 3.8) is 0 Å². The van der Waals surface area contributed by atoms with Gasteiger partial charge in [-0.2, -0.15) is 0 Å². The predicted octanol–water partition coefficient (Wildman–Crippen LogP) is 2.21. The molecule has 2 rings (SSSR count). The summed E-state index contributed by atoms with van der Waals surface area (Å²) in [5.41, 5.74) is 1.01. The molecule has 1 aromatic carbocycles. The van der Waals surface area contributed by atoms with Gasteiger partial charge in [0.25, 0.3) is 5.56 Å². The zero-order chi connectivity index (χ0) is 12.3. The van der Waals surface area contributed by atoms with Crippen LogP contribution in [-0.4, -0.2) is 14.9 Å². The lowest BCUT2D eigenvalue weighted by Gasteiger charge is -2.03. The first kappa shape index (κ1) is 11.5. The van der Waals surface area contributed by atoms with Crippen molar-refractivity contribution in [2.75, 3.05) is 0 Å². The SMILES string of the molecule is CCCCc1c(O)n(-c2ccccc2)[nH]c1=O. The van der Waals surface area contributed by atoms with E-state index < -0.39 is 0 Å². The Morgan fingerprint density at radius 1 is 1.29 bits per heavy atom. The molecule has 0 bridgehead atoms. The Morgan fingerprint density at radius 3 is 2.65 bits per heavy atom. The predicted molar refractivity (Wildman–Crippen MR) is 66.7 cm³/mol. The van der Waals surface area contributed by atoms with Crippen LogP contribution in [0.1, 0.15) is 25.3 Å². The number of unbranched alkanes of at least 4 members (excludes halogenated alkanes) is 1. The number of para-hydroxylation sites is 1. The van der Waals surface area contributed by atoms with Gasteiger partial charge in [-0.15, -0.1) is 0 Å². The number of H-pyrrole nitrogens is 1. The number of nitrogens with one attached hydrogen (secondary N) is 1. The maximum absolute atomic E-state index is 11.7. The van der Waals surface area contributed by atoms with E-state index in [1.54, 1.807) is 0 Å². The molecule has 0 unspecified atom stereocenters. The van der Waals surface area contributed by atoms with Gasteiger partial charge in [0, 0.05) is 0 Å². The van der Waals surface area contributed by atoms with Crippen molar-refractivity contribution in [2.45, 2.75) is 26.2 Å². The average Bonchev–Trinajstić information content (AvgIpc) is 2.64. The van der Waals surface area contributed by atoms with Crippen molar-refractivity contribution < 1.29 is 5.11 Å². The molecule has 90 valence electrons. The van der Waals surface area contributed by atoms with Gasteiger partial charge in [-0.25, -0.2) is 4.68 Å². The molecule has 4 heteroatoms. The zero-order valence-corrected chi connectivity index (χ0v) is 9.81. The molecule has 0 aliphatic heterocycles. The maximum Gasteiger partial charge on any atom is 0.271 e. The van der Waals surface area contributed by atoms with Gasteiger partial charge in [-0.1, -0.05) is 31.5 Å². The monoisotopic (exact) mass is 232 g/mol. The van der Waals surface area contributed by atoms with Crippen LogP contribution in [0.2, 0.25) is 0 Å². The Balaban J connectivity index is 2.41. The van der Waals surface area contributed by atoms with Crippen molar-refractivity contribution in [3.05, 3.63) is 46.2 Å². The third-order valence-corrected chi connectivity index (χ3v) is 2.76. The van der Waals surface area contributed by atoms with E-state index >= 15 is 0 Å². The standard InChI is InChI=1S/C13H16N2O2/c1-2-3-9-11-12(16)14-15(13(11)17)10-7-5-4-6-8-10/h4-8,17H,2-3,9H2,1H3,(H,14,16). The minimum Gasteiger partial charge on any atom is -0.493 e. The molecule has 0 aliphatic rings. The van der Waals surface area contributed by atoms with E-state index in [1.165, 1.54) is 4.68 Å². The number of aromatic nitrogens is 2. The Morgan fingerprint density at radius 2 is 2.00 bits per heavy atom. The third-order valence-electron chi connectivity index (χ3n) is 2.76. The number of hydrogen-bond donors (Lipinski definition) is 2. The van der Waals surface area contributed by atoms with Gasteiger partial charge in [0.1, 0.15) is 0 Å². The number of aromatic amines is 1. The van der Waals surface area contributed by atoms with Crippen LogP contribution in [0.15, 0.2) is 35.1 Å². The van der Waals surface area contributed by atoms with Gasteiger partial charge in [0.2, 0.25) is 5.88 Å². The first-order valence-electron chi connectivity index (χ1n) is 5.82. The van der Waals surface area contributed by atoms with E-state index in [-0.39, 0.29) is 11.4 Å². The lowest BCUT2D eigenvalue weighted by Crippen LogP contribution is -2.07. The Kier molecular flexibility index (Phi) is 3.32. The Labute approximate surface area is 99.5 Å². The summed E-state index contributed by atoms with van der Waals surface area (Å²) in [6.07, 6.45) is 2.50. The molecule has 0 atom stereocenters. The quantitative estimate of drug-likeness (QED) is 0.849. The molecular weight excluding hydrogens is 216 g/mol. The largest absolute Gasteiger partial charge is 0.493 e. The molecule has 1 heterocycles. The first-order chi connectivity index (χ1) is 8.24. The summed E-state index contributed by atoms with van der Waals surface area (Å²) in [6.45, 7) is 2.05. The van der Waals surface area contributed by atoms with Crippen LogP contribution in [0, 0.1) is 0 Å².